The van der Waals surface area contributed by atoms with E-state index in [2.05, 4.69) is 11.9 Å². The minimum Gasteiger partial charge on any atom is -0.457 e. The fourth-order valence-electron chi connectivity index (χ4n) is 4.72. The van der Waals surface area contributed by atoms with E-state index in [-0.39, 0.29) is 6.42 Å². The van der Waals surface area contributed by atoms with E-state index in [1.165, 1.54) is 83.2 Å². The lowest BCUT2D eigenvalue weighted by atomic mass is 10.0. The van der Waals surface area contributed by atoms with Crippen LogP contribution in [0.3, 0.4) is 0 Å². The Morgan fingerprint density at radius 1 is 0.944 bits per heavy atom. The van der Waals surface area contributed by atoms with E-state index in [9.17, 15) is 24.6 Å². The Kier molecular flexibility index (Phi) is 14.7. The van der Waals surface area contributed by atoms with E-state index >= 15 is 0 Å². The quantitative estimate of drug-likeness (QED) is 0.190. The highest BCUT2D eigenvalue weighted by atomic mass is 16.6. The number of carbonyl (C=O) groups is 1. The molecule has 0 bridgehead atoms. The highest BCUT2D eigenvalue weighted by molar-refractivity contribution is 5.69. The van der Waals surface area contributed by atoms with Crippen molar-refractivity contribution in [1.82, 2.24) is 9.55 Å². The van der Waals surface area contributed by atoms with E-state index in [4.69, 9.17) is 9.47 Å². The summed E-state index contributed by atoms with van der Waals surface area (Å²) in [5.41, 5.74) is -1.33. The van der Waals surface area contributed by atoms with E-state index in [1.54, 1.807) is 0 Å². The molecule has 36 heavy (non-hydrogen) atoms. The first-order valence-corrected chi connectivity index (χ1v) is 13.9. The maximum atomic E-state index is 12.3. The van der Waals surface area contributed by atoms with Gasteiger partial charge in [0.15, 0.2) is 12.3 Å². The molecule has 0 amide bonds. The lowest BCUT2D eigenvalue weighted by Gasteiger charge is -2.20. The molecule has 0 saturated carbocycles. The third kappa shape index (κ3) is 10.6. The van der Waals surface area contributed by atoms with Crippen LogP contribution in [0.1, 0.15) is 116 Å². The van der Waals surface area contributed by atoms with Crippen molar-refractivity contribution in [2.24, 2.45) is 0 Å². The van der Waals surface area contributed by atoms with Crippen molar-refractivity contribution < 1.29 is 24.5 Å². The number of aromatic amines is 1. The number of nitrogens with one attached hydrogen (secondary N) is 1. The summed E-state index contributed by atoms with van der Waals surface area (Å²) in [5.74, 6) is -0.467. The third-order valence-electron chi connectivity index (χ3n) is 6.87. The van der Waals surface area contributed by atoms with Gasteiger partial charge in [-0.15, -0.1) is 0 Å². The monoisotopic (exact) mass is 510 g/mol. The molecule has 1 aromatic heterocycles. The smallest absolute Gasteiger partial charge is 0.330 e. The van der Waals surface area contributed by atoms with E-state index in [1.807, 2.05) is 0 Å². The van der Waals surface area contributed by atoms with Crippen molar-refractivity contribution in [3.63, 3.8) is 0 Å². The molecule has 0 aliphatic carbocycles. The van der Waals surface area contributed by atoms with Gasteiger partial charge in [0.2, 0.25) is 0 Å². The number of H-pyrrole nitrogens is 1. The van der Waals surface area contributed by atoms with E-state index in [0.29, 0.717) is 6.42 Å². The number of unbranched alkanes of at least 4 members (excludes halogenated alkanes) is 14. The van der Waals surface area contributed by atoms with Crippen molar-refractivity contribution in [2.45, 2.75) is 134 Å². The number of aromatic nitrogens is 2. The molecule has 1 aromatic rings. The van der Waals surface area contributed by atoms with Crippen molar-refractivity contribution in [2.75, 3.05) is 6.61 Å². The van der Waals surface area contributed by atoms with Gasteiger partial charge in [-0.2, -0.15) is 0 Å². The Hall–Kier alpha value is -1.97. The van der Waals surface area contributed by atoms with Crippen molar-refractivity contribution in [3.05, 3.63) is 33.1 Å². The number of nitrogens with zero attached hydrogens (tertiary/aromatic N) is 1. The number of ether oxygens (including phenoxy) is 2. The SMILES string of the molecule is CCCCCCCCCCCCCCCCCC(=O)O[C@H]1[C@@H](O)[C@H](n2ccc(=O)[nH]c2=O)O[C@@H]1CO. The van der Waals surface area contributed by atoms with Gasteiger partial charge in [0.25, 0.3) is 5.56 Å². The van der Waals surface area contributed by atoms with Crippen LogP contribution >= 0.6 is 0 Å². The summed E-state index contributed by atoms with van der Waals surface area (Å²) in [6, 6.07) is 1.13. The van der Waals surface area contributed by atoms with Gasteiger partial charge in [0.1, 0.15) is 12.2 Å². The van der Waals surface area contributed by atoms with Gasteiger partial charge in [0.05, 0.1) is 6.61 Å². The first-order valence-electron chi connectivity index (χ1n) is 13.9. The number of hydrogen-bond acceptors (Lipinski definition) is 7. The zero-order chi connectivity index (χ0) is 26.2. The number of rotatable bonds is 19. The number of esters is 1. The number of aliphatic hydroxyl groups excluding tert-OH is 2. The first kappa shape index (κ1) is 30.3. The van der Waals surface area contributed by atoms with Gasteiger partial charge < -0.3 is 19.7 Å². The van der Waals surface area contributed by atoms with Crippen LogP contribution in [-0.4, -0.2) is 50.7 Å². The zero-order valence-electron chi connectivity index (χ0n) is 21.9. The molecular formula is C27H46N2O7. The van der Waals surface area contributed by atoms with Crippen molar-refractivity contribution in [1.29, 1.82) is 0 Å². The van der Waals surface area contributed by atoms with Gasteiger partial charge in [-0.25, -0.2) is 4.79 Å². The average molecular weight is 511 g/mol. The zero-order valence-corrected chi connectivity index (χ0v) is 21.9. The molecule has 2 heterocycles. The maximum absolute atomic E-state index is 12.3. The molecule has 9 heteroatoms. The van der Waals surface area contributed by atoms with Crippen LogP contribution in [-0.2, 0) is 14.3 Å². The minimum atomic E-state index is -1.35. The van der Waals surface area contributed by atoms with Crippen LogP contribution in [0.4, 0.5) is 0 Å². The topological polar surface area (TPSA) is 131 Å². The largest absolute Gasteiger partial charge is 0.457 e. The summed E-state index contributed by atoms with van der Waals surface area (Å²) in [7, 11) is 0. The van der Waals surface area contributed by atoms with Crippen LogP contribution < -0.4 is 11.2 Å². The van der Waals surface area contributed by atoms with E-state index in [0.717, 1.165) is 23.5 Å². The molecule has 1 aliphatic rings. The van der Waals surface area contributed by atoms with Gasteiger partial charge >= 0.3 is 11.7 Å². The molecule has 1 saturated heterocycles. The molecule has 3 N–H and O–H groups in total. The Morgan fingerprint density at radius 2 is 1.47 bits per heavy atom. The lowest BCUT2D eigenvalue weighted by Crippen LogP contribution is -2.40. The molecule has 206 valence electrons. The third-order valence-corrected chi connectivity index (χ3v) is 6.87. The maximum Gasteiger partial charge on any atom is 0.330 e. The summed E-state index contributed by atoms with van der Waals surface area (Å²) in [6.45, 7) is 1.77. The molecule has 0 spiro atoms. The Labute approximate surface area is 214 Å². The van der Waals surface area contributed by atoms with Crippen molar-refractivity contribution in [3.8, 4) is 0 Å². The predicted molar refractivity (Wildman–Crippen MR) is 138 cm³/mol. The van der Waals surface area contributed by atoms with Crippen LogP contribution in [0.25, 0.3) is 0 Å². The first-order chi connectivity index (χ1) is 17.5. The van der Waals surface area contributed by atoms with E-state index < -0.39 is 48.4 Å². The van der Waals surface area contributed by atoms with Crippen LogP contribution in [0, 0.1) is 0 Å². The van der Waals surface area contributed by atoms with Crippen LogP contribution in [0.2, 0.25) is 0 Å². The molecule has 4 atom stereocenters. The minimum absolute atomic E-state index is 0.225. The second kappa shape index (κ2) is 17.5. The molecule has 0 radical (unpaired) electrons. The Balaban J connectivity index is 1.55. The fourth-order valence-corrected chi connectivity index (χ4v) is 4.72. The molecular weight excluding hydrogens is 464 g/mol. The Morgan fingerprint density at radius 3 is 1.97 bits per heavy atom. The van der Waals surface area contributed by atoms with Gasteiger partial charge in [0, 0.05) is 18.7 Å². The molecule has 0 unspecified atom stereocenters. The average Bonchev–Trinajstić information content (AvgIpc) is 3.16. The Bertz CT molecular complexity index is 853. The highest BCUT2D eigenvalue weighted by Gasteiger charge is 2.47. The fraction of sp³-hybridized carbons (Fsp3) is 0.815. The summed E-state index contributed by atoms with van der Waals surface area (Å²) >= 11 is 0. The lowest BCUT2D eigenvalue weighted by molar-refractivity contribution is -0.156. The second-order valence-electron chi connectivity index (χ2n) is 9.91. The molecule has 9 nitrogen and oxygen atoms in total. The highest BCUT2D eigenvalue weighted by Crippen LogP contribution is 2.30. The molecule has 1 fully saturated rings. The summed E-state index contributed by atoms with van der Waals surface area (Å²) in [5, 5.41) is 20.2. The standard InChI is InChI=1S/C27H46N2O7/c1-2-3-4-5-6-7-8-9-10-11-12-13-14-15-16-17-23(32)36-25-21(20-30)35-26(24(25)33)29-19-18-22(31)28-27(29)34/h18-19,21,24-26,30,33H,2-17,20H2,1H3,(H,28,31,34)/t21-,24-,25-,26-/m1/s1. The summed E-state index contributed by atoms with van der Waals surface area (Å²) in [6.07, 6.45) is 15.4. The van der Waals surface area contributed by atoms with Crippen LogP contribution in [0.5, 0.6) is 0 Å². The van der Waals surface area contributed by atoms with Crippen molar-refractivity contribution >= 4 is 5.97 Å². The molecule has 2 rings (SSSR count). The van der Waals surface area contributed by atoms with Crippen LogP contribution in [0.15, 0.2) is 21.9 Å². The summed E-state index contributed by atoms with van der Waals surface area (Å²) in [4.78, 5) is 37.7. The number of hydrogen-bond donors (Lipinski definition) is 3. The normalized spacial score (nSPS) is 21.6. The van der Waals surface area contributed by atoms with Gasteiger partial charge in [-0.1, -0.05) is 96.8 Å². The second-order valence-corrected chi connectivity index (χ2v) is 9.91. The summed E-state index contributed by atoms with van der Waals surface area (Å²) < 4.78 is 11.9. The number of aliphatic hydroxyl groups is 2. The number of carbonyl (C=O) groups excluding carboxylic acids is 1. The molecule has 1 aliphatic heterocycles. The van der Waals surface area contributed by atoms with Gasteiger partial charge in [-0.3, -0.25) is 19.1 Å². The molecule has 0 aromatic carbocycles. The van der Waals surface area contributed by atoms with Gasteiger partial charge in [-0.05, 0) is 6.42 Å². The predicted octanol–water partition coefficient (Wildman–Crippen LogP) is 3.96.